The van der Waals surface area contributed by atoms with E-state index in [1.807, 2.05) is 37.5 Å². The molecule has 1 aromatic heterocycles. The molecule has 0 saturated heterocycles. The number of carbonyl (C=O) groups excluding carboxylic acids is 1. The number of carbonyl (C=O) groups is 1. The van der Waals surface area contributed by atoms with E-state index in [0.717, 1.165) is 5.39 Å². The maximum atomic E-state index is 13.0. The first-order valence-electron chi connectivity index (χ1n) is 7.53. The SMILES string of the molecule is COc1c(O)c2c3c([n+](C)ccc3c1OC)C(=O)c1ccccc1-2. The van der Waals surface area contributed by atoms with Crippen LogP contribution in [0, 0.1) is 0 Å². The number of hydrogen-bond acceptors (Lipinski definition) is 4. The molecular weight excluding hydrogens is 306 g/mol. The summed E-state index contributed by atoms with van der Waals surface area (Å²) in [6.07, 6.45) is 1.81. The number of benzene rings is 2. The Morgan fingerprint density at radius 2 is 1.67 bits per heavy atom. The second-order valence-corrected chi connectivity index (χ2v) is 5.73. The maximum absolute atomic E-state index is 13.0. The number of aromatic nitrogens is 1. The molecule has 24 heavy (non-hydrogen) atoms. The van der Waals surface area contributed by atoms with Gasteiger partial charge in [-0.05, 0) is 5.56 Å². The van der Waals surface area contributed by atoms with Gasteiger partial charge in [-0.1, -0.05) is 24.3 Å². The van der Waals surface area contributed by atoms with Gasteiger partial charge in [-0.15, -0.1) is 0 Å². The van der Waals surface area contributed by atoms with Gasteiger partial charge in [0.25, 0.3) is 11.5 Å². The molecular formula is C19H16NO4+. The van der Waals surface area contributed by atoms with E-state index < -0.39 is 0 Å². The molecule has 0 amide bonds. The predicted octanol–water partition coefficient (Wildman–Crippen LogP) is 2.60. The molecule has 1 heterocycles. The zero-order valence-corrected chi connectivity index (χ0v) is 13.6. The van der Waals surface area contributed by atoms with Crippen LogP contribution in [0.3, 0.4) is 0 Å². The summed E-state index contributed by atoms with van der Waals surface area (Å²) >= 11 is 0. The normalized spacial score (nSPS) is 12.2. The van der Waals surface area contributed by atoms with Crippen LogP contribution < -0.4 is 14.0 Å². The summed E-state index contributed by atoms with van der Waals surface area (Å²) in [5.41, 5.74) is 2.39. The number of fused-ring (bicyclic) bond motifs is 2. The first kappa shape index (κ1) is 14.5. The average molecular weight is 322 g/mol. The number of methoxy groups -OCH3 is 2. The molecule has 4 rings (SSSR count). The Kier molecular flexibility index (Phi) is 3.00. The molecule has 120 valence electrons. The number of ketones is 1. The van der Waals surface area contributed by atoms with Crippen LogP contribution in [0.15, 0.2) is 36.5 Å². The summed E-state index contributed by atoms with van der Waals surface area (Å²) in [5.74, 6) is 0.596. The van der Waals surface area contributed by atoms with Gasteiger partial charge in [0.1, 0.15) is 7.05 Å². The Morgan fingerprint density at radius 1 is 1.00 bits per heavy atom. The van der Waals surface area contributed by atoms with Crippen LogP contribution in [-0.2, 0) is 7.05 Å². The third-order valence-corrected chi connectivity index (χ3v) is 4.54. The molecule has 0 atom stereocenters. The van der Waals surface area contributed by atoms with Gasteiger partial charge in [-0.2, -0.15) is 4.57 Å². The van der Waals surface area contributed by atoms with E-state index in [0.29, 0.717) is 33.5 Å². The summed E-state index contributed by atoms with van der Waals surface area (Å²) in [5, 5.41) is 12.3. The standard InChI is InChI=1S/C19H15NO4/c1-20-9-8-12-13-14(17(22)19(24-3)18(12)23-2)10-6-4-5-7-11(10)16(21)15(13)20/h4-9H,1-3H3/p+1. The first-order valence-corrected chi connectivity index (χ1v) is 7.53. The van der Waals surface area contributed by atoms with E-state index in [2.05, 4.69) is 0 Å². The third-order valence-electron chi connectivity index (χ3n) is 4.54. The minimum atomic E-state index is -0.0715. The molecule has 0 aliphatic heterocycles. The molecule has 0 unspecified atom stereocenters. The number of phenols is 1. The second-order valence-electron chi connectivity index (χ2n) is 5.73. The smallest absolute Gasteiger partial charge is 0.262 e. The summed E-state index contributed by atoms with van der Waals surface area (Å²) in [6.45, 7) is 0. The van der Waals surface area contributed by atoms with Crippen molar-refractivity contribution in [2.45, 2.75) is 0 Å². The number of hydrogen-bond donors (Lipinski definition) is 1. The molecule has 1 aliphatic carbocycles. The van der Waals surface area contributed by atoms with Gasteiger partial charge in [0.15, 0.2) is 17.7 Å². The monoisotopic (exact) mass is 322 g/mol. The zero-order valence-electron chi connectivity index (χ0n) is 13.6. The Balaban J connectivity index is 2.33. The number of phenolic OH excluding ortho intramolecular Hbond substituents is 1. The van der Waals surface area contributed by atoms with E-state index in [4.69, 9.17) is 9.47 Å². The topological polar surface area (TPSA) is 59.6 Å². The summed E-state index contributed by atoms with van der Waals surface area (Å²) in [4.78, 5) is 13.0. The number of nitrogens with zero attached hydrogens (tertiary/aromatic N) is 1. The molecule has 0 fully saturated rings. The minimum Gasteiger partial charge on any atom is -0.504 e. The largest absolute Gasteiger partial charge is 0.504 e. The van der Waals surface area contributed by atoms with E-state index in [9.17, 15) is 9.90 Å². The van der Waals surface area contributed by atoms with Gasteiger partial charge in [0, 0.05) is 22.6 Å². The van der Waals surface area contributed by atoms with Crippen LogP contribution in [0.4, 0.5) is 0 Å². The highest BCUT2D eigenvalue weighted by atomic mass is 16.5. The van der Waals surface area contributed by atoms with Crippen LogP contribution in [0.25, 0.3) is 21.9 Å². The summed E-state index contributed by atoms with van der Waals surface area (Å²) in [7, 11) is 4.82. The number of aryl methyl sites for hydroxylation is 1. The van der Waals surface area contributed by atoms with Crippen molar-refractivity contribution in [2.24, 2.45) is 7.05 Å². The van der Waals surface area contributed by atoms with E-state index in [1.54, 1.807) is 10.6 Å². The van der Waals surface area contributed by atoms with Crippen molar-refractivity contribution in [3.8, 4) is 28.4 Å². The van der Waals surface area contributed by atoms with Crippen LogP contribution in [0.5, 0.6) is 17.2 Å². The number of pyridine rings is 1. The molecule has 5 nitrogen and oxygen atoms in total. The van der Waals surface area contributed by atoms with E-state index >= 15 is 0 Å². The molecule has 0 saturated carbocycles. The van der Waals surface area contributed by atoms with Crippen molar-refractivity contribution in [3.05, 3.63) is 47.8 Å². The van der Waals surface area contributed by atoms with Gasteiger partial charge in [-0.25, -0.2) is 0 Å². The fourth-order valence-corrected chi connectivity index (χ4v) is 3.51. The van der Waals surface area contributed by atoms with Gasteiger partial charge in [0.2, 0.25) is 5.75 Å². The van der Waals surface area contributed by atoms with Crippen LogP contribution in [-0.4, -0.2) is 25.1 Å². The van der Waals surface area contributed by atoms with Crippen LogP contribution in [0.1, 0.15) is 16.1 Å². The Hall–Kier alpha value is -3.08. The average Bonchev–Trinajstić information content (AvgIpc) is 2.60. The molecule has 0 spiro atoms. The fraction of sp³-hybridized carbons (Fsp3) is 0.158. The van der Waals surface area contributed by atoms with Crippen molar-refractivity contribution in [1.29, 1.82) is 0 Å². The Bertz CT molecular complexity index is 1020. The van der Waals surface area contributed by atoms with Crippen molar-refractivity contribution in [2.75, 3.05) is 14.2 Å². The van der Waals surface area contributed by atoms with Gasteiger partial charge >= 0.3 is 0 Å². The Morgan fingerprint density at radius 3 is 2.33 bits per heavy atom. The van der Waals surface area contributed by atoms with Crippen molar-refractivity contribution >= 4 is 16.6 Å². The predicted molar refractivity (Wildman–Crippen MR) is 88.8 cm³/mol. The maximum Gasteiger partial charge on any atom is 0.262 e. The molecule has 0 bridgehead atoms. The zero-order chi connectivity index (χ0) is 17.0. The molecule has 2 aromatic carbocycles. The number of aromatic hydroxyl groups is 1. The highest BCUT2D eigenvalue weighted by Crippen LogP contribution is 2.52. The van der Waals surface area contributed by atoms with Gasteiger partial charge in [-0.3, -0.25) is 4.79 Å². The fourth-order valence-electron chi connectivity index (χ4n) is 3.51. The number of ether oxygens (including phenoxy) is 2. The van der Waals surface area contributed by atoms with Crippen LogP contribution in [0.2, 0.25) is 0 Å². The summed E-state index contributed by atoms with van der Waals surface area (Å²) in [6, 6.07) is 9.14. The molecule has 3 aromatic rings. The molecule has 1 aliphatic rings. The van der Waals surface area contributed by atoms with E-state index in [-0.39, 0.29) is 17.3 Å². The molecule has 1 N–H and O–H groups in total. The lowest BCUT2D eigenvalue weighted by atomic mass is 9.84. The first-order chi connectivity index (χ1) is 11.6. The minimum absolute atomic E-state index is 0.0192. The lowest BCUT2D eigenvalue weighted by molar-refractivity contribution is -0.671. The van der Waals surface area contributed by atoms with Crippen molar-refractivity contribution in [3.63, 3.8) is 0 Å². The lowest BCUT2D eigenvalue weighted by Gasteiger charge is -2.22. The van der Waals surface area contributed by atoms with E-state index in [1.165, 1.54) is 14.2 Å². The lowest BCUT2D eigenvalue weighted by Crippen LogP contribution is -2.37. The second kappa shape index (κ2) is 4.96. The van der Waals surface area contributed by atoms with Crippen LogP contribution >= 0.6 is 0 Å². The third kappa shape index (κ3) is 1.64. The molecule has 0 radical (unpaired) electrons. The van der Waals surface area contributed by atoms with Gasteiger partial charge in [0.05, 0.1) is 19.6 Å². The van der Waals surface area contributed by atoms with Crippen molar-refractivity contribution < 1.29 is 23.9 Å². The Labute approximate surface area is 138 Å². The van der Waals surface area contributed by atoms with Gasteiger partial charge < -0.3 is 14.6 Å². The highest BCUT2D eigenvalue weighted by molar-refractivity contribution is 6.26. The van der Waals surface area contributed by atoms with Crippen molar-refractivity contribution in [1.82, 2.24) is 0 Å². The highest BCUT2D eigenvalue weighted by Gasteiger charge is 2.36. The quantitative estimate of drug-likeness (QED) is 0.576. The number of rotatable bonds is 2. The summed E-state index contributed by atoms with van der Waals surface area (Å²) < 4.78 is 12.6. The molecule has 5 heteroatoms.